The average molecular weight is 885 g/mol. The number of unbranched alkanes of at least 4 members (excludes halogenated alkanes) is 33. The first-order chi connectivity index (χ1) is 31.0. The lowest BCUT2D eigenvalue weighted by Crippen LogP contribution is -2.30. The number of carbonyl (C=O) groups is 3. The maximum Gasteiger partial charge on any atom is 0.306 e. The number of ether oxygens (including phenoxy) is 3. The standard InChI is InChI=1S/C57H104O6/c1-4-7-10-13-16-19-22-25-28-29-30-33-35-38-41-44-47-50-56(59)62-53-54(63-57(60)51-48-45-42-39-36-32-27-24-21-18-15-12-9-6-3)52-61-55(58)49-46-43-40-37-34-31-26-23-20-17-14-11-8-5-2/h9,12,18,21,31,34,54H,4-8,10-11,13-17,19-20,22-30,32-33,35-53H2,1-3H3/b12-9-,21-18-,34-31-. The van der Waals surface area contributed by atoms with Crippen LogP contribution in [0.3, 0.4) is 0 Å². The van der Waals surface area contributed by atoms with Gasteiger partial charge in [-0.15, -0.1) is 0 Å². The Hall–Kier alpha value is -2.37. The molecule has 0 aliphatic rings. The molecule has 0 aliphatic carbocycles. The molecule has 0 aliphatic heterocycles. The molecule has 0 bridgehead atoms. The highest BCUT2D eigenvalue weighted by atomic mass is 16.6. The lowest BCUT2D eigenvalue weighted by atomic mass is 10.0. The minimum atomic E-state index is -0.779. The predicted octanol–water partition coefficient (Wildman–Crippen LogP) is 18.1. The minimum Gasteiger partial charge on any atom is -0.462 e. The van der Waals surface area contributed by atoms with Gasteiger partial charge in [-0.2, -0.15) is 0 Å². The zero-order valence-electron chi connectivity index (χ0n) is 42.1. The fourth-order valence-corrected chi connectivity index (χ4v) is 8.01. The molecular formula is C57H104O6. The molecule has 0 aromatic carbocycles. The van der Waals surface area contributed by atoms with E-state index >= 15 is 0 Å². The fourth-order valence-electron chi connectivity index (χ4n) is 8.01. The van der Waals surface area contributed by atoms with Crippen molar-refractivity contribution in [3.63, 3.8) is 0 Å². The van der Waals surface area contributed by atoms with E-state index in [1.165, 1.54) is 161 Å². The van der Waals surface area contributed by atoms with E-state index in [2.05, 4.69) is 57.2 Å². The van der Waals surface area contributed by atoms with E-state index in [0.717, 1.165) is 89.9 Å². The van der Waals surface area contributed by atoms with Crippen LogP contribution in [0.15, 0.2) is 36.5 Å². The van der Waals surface area contributed by atoms with Crippen molar-refractivity contribution >= 4 is 17.9 Å². The van der Waals surface area contributed by atoms with Crippen molar-refractivity contribution in [2.24, 2.45) is 0 Å². The second-order valence-electron chi connectivity index (χ2n) is 18.5. The highest BCUT2D eigenvalue weighted by molar-refractivity contribution is 5.71. The van der Waals surface area contributed by atoms with Gasteiger partial charge in [-0.05, 0) is 70.6 Å². The Morgan fingerprint density at radius 2 is 0.619 bits per heavy atom. The van der Waals surface area contributed by atoms with Crippen molar-refractivity contribution in [3.8, 4) is 0 Å². The molecule has 63 heavy (non-hydrogen) atoms. The van der Waals surface area contributed by atoms with Crippen LogP contribution in [0, 0.1) is 0 Å². The Labute approximate surface area is 391 Å². The van der Waals surface area contributed by atoms with Gasteiger partial charge in [-0.3, -0.25) is 14.4 Å². The van der Waals surface area contributed by atoms with E-state index in [4.69, 9.17) is 14.2 Å². The fraction of sp³-hybridized carbons (Fsp3) is 0.842. The molecule has 368 valence electrons. The number of esters is 3. The van der Waals surface area contributed by atoms with Crippen LogP contribution in [0.25, 0.3) is 0 Å². The van der Waals surface area contributed by atoms with Crippen molar-refractivity contribution in [1.82, 2.24) is 0 Å². The molecule has 0 fully saturated rings. The van der Waals surface area contributed by atoms with E-state index in [1.807, 2.05) is 0 Å². The number of carbonyl (C=O) groups excluding carboxylic acids is 3. The van der Waals surface area contributed by atoms with Gasteiger partial charge in [0.2, 0.25) is 0 Å². The summed E-state index contributed by atoms with van der Waals surface area (Å²) in [5.74, 6) is -0.888. The quantitative estimate of drug-likeness (QED) is 0.0262. The number of rotatable bonds is 50. The number of hydrogen-bond donors (Lipinski definition) is 0. The SMILES string of the molecule is CC/C=C\C/C=C\CCCCCCCCCC(=O)OC(COC(=O)CCCCC/C=C\CCCCCCCCC)COC(=O)CCCCCCCCCCCCCCCCCCC. The van der Waals surface area contributed by atoms with Crippen LogP contribution in [-0.2, 0) is 28.6 Å². The molecule has 6 heteroatoms. The highest BCUT2D eigenvalue weighted by Gasteiger charge is 2.19. The second-order valence-corrected chi connectivity index (χ2v) is 18.5. The molecule has 0 amide bonds. The van der Waals surface area contributed by atoms with E-state index in [-0.39, 0.29) is 31.1 Å². The van der Waals surface area contributed by atoms with Gasteiger partial charge in [0.1, 0.15) is 13.2 Å². The zero-order chi connectivity index (χ0) is 45.8. The lowest BCUT2D eigenvalue weighted by molar-refractivity contribution is -0.167. The summed E-state index contributed by atoms with van der Waals surface area (Å²) < 4.78 is 16.8. The van der Waals surface area contributed by atoms with Crippen LogP contribution in [0.4, 0.5) is 0 Å². The summed E-state index contributed by atoms with van der Waals surface area (Å²) in [5.41, 5.74) is 0. The molecule has 0 spiro atoms. The van der Waals surface area contributed by atoms with Crippen LogP contribution < -0.4 is 0 Å². The molecular weight excluding hydrogens is 781 g/mol. The van der Waals surface area contributed by atoms with Gasteiger partial charge >= 0.3 is 17.9 Å². The third kappa shape index (κ3) is 50.5. The van der Waals surface area contributed by atoms with E-state index in [0.29, 0.717) is 19.3 Å². The second kappa shape index (κ2) is 52.3. The molecule has 0 aromatic rings. The number of allylic oxidation sites excluding steroid dienone is 6. The van der Waals surface area contributed by atoms with Crippen molar-refractivity contribution in [3.05, 3.63) is 36.5 Å². The summed E-state index contributed by atoms with van der Waals surface area (Å²) >= 11 is 0. The maximum absolute atomic E-state index is 12.8. The topological polar surface area (TPSA) is 78.9 Å². The Kier molecular flexibility index (Phi) is 50.3. The summed E-state index contributed by atoms with van der Waals surface area (Å²) in [6, 6.07) is 0. The Balaban J connectivity index is 4.35. The average Bonchev–Trinajstić information content (AvgIpc) is 3.28. The summed E-state index contributed by atoms with van der Waals surface area (Å²) in [7, 11) is 0. The van der Waals surface area contributed by atoms with Gasteiger partial charge in [-0.1, -0.05) is 237 Å². The molecule has 6 nitrogen and oxygen atoms in total. The maximum atomic E-state index is 12.8. The van der Waals surface area contributed by atoms with Crippen LogP contribution in [0.2, 0.25) is 0 Å². The van der Waals surface area contributed by atoms with Gasteiger partial charge in [0.05, 0.1) is 0 Å². The molecule has 0 N–H and O–H groups in total. The van der Waals surface area contributed by atoms with Gasteiger partial charge < -0.3 is 14.2 Å². The largest absolute Gasteiger partial charge is 0.462 e. The van der Waals surface area contributed by atoms with E-state index in [9.17, 15) is 14.4 Å². The van der Waals surface area contributed by atoms with Crippen LogP contribution in [0.1, 0.15) is 290 Å². The van der Waals surface area contributed by atoms with Crippen molar-refractivity contribution in [2.45, 2.75) is 297 Å². The van der Waals surface area contributed by atoms with Crippen molar-refractivity contribution in [2.75, 3.05) is 13.2 Å². The Morgan fingerprint density at radius 1 is 0.333 bits per heavy atom. The summed E-state index contributed by atoms with van der Waals surface area (Å²) in [6.07, 6.45) is 61.3. The van der Waals surface area contributed by atoms with Crippen LogP contribution >= 0.6 is 0 Å². The summed E-state index contributed by atoms with van der Waals surface area (Å²) in [5, 5.41) is 0. The number of hydrogen-bond acceptors (Lipinski definition) is 6. The summed E-state index contributed by atoms with van der Waals surface area (Å²) in [6.45, 7) is 6.54. The Bertz CT molecular complexity index is 1060. The summed E-state index contributed by atoms with van der Waals surface area (Å²) in [4.78, 5) is 38.0. The predicted molar refractivity (Wildman–Crippen MR) is 270 cm³/mol. The lowest BCUT2D eigenvalue weighted by Gasteiger charge is -2.18. The van der Waals surface area contributed by atoms with Crippen LogP contribution in [-0.4, -0.2) is 37.2 Å². The van der Waals surface area contributed by atoms with Crippen molar-refractivity contribution < 1.29 is 28.6 Å². The van der Waals surface area contributed by atoms with Crippen molar-refractivity contribution in [1.29, 1.82) is 0 Å². The third-order valence-corrected chi connectivity index (χ3v) is 12.1. The van der Waals surface area contributed by atoms with E-state index in [1.54, 1.807) is 0 Å². The minimum absolute atomic E-state index is 0.0768. The van der Waals surface area contributed by atoms with Gasteiger partial charge in [-0.25, -0.2) is 0 Å². The molecule has 1 unspecified atom stereocenters. The molecule has 0 rings (SSSR count). The molecule has 0 radical (unpaired) electrons. The van der Waals surface area contributed by atoms with E-state index < -0.39 is 6.10 Å². The molecule has 0 saturated carbocycles. The molecule has 0 aromatic heterocycles. The third-order valence-electron chi connectivity index (χ3n) is 12.1. The highest BCUT2D eigenvalue weighted by Crippen LogP contribution is 2.16. The molecule has 1 atom stereocenters. The van der Waals surface area contributed by atoms with Crippen LogP contribution in [0.5, 0.6) is 0 Å². The molecule has 0 saturated heterocycles. The first kappa shape index (κ1) is 60.6. The first-order valence-corrected chi connectivity index (χ1v) is 27.5. The smallest absolute Gasteiger partial charge is 0.306 e. The zero-order valence-corrected chi connectivity index (χ0v) is 42.1. The molecule has 0 heterocycles. The van der Waals surface area contributed by atoms with Gasteiger partial charge in [0.15, 0.2) is 6.10 Å². The first-order valence-electron chi connectivity index (χ1n) is 27.5. The van der Waals surface area contributed by atoms with Gasteiger partial charge in [0, 0.05) is 19.3 Å². The monoisotopic (exact) mass is 885 g/mol. The van der Waals surface area contributed by atoms with Gasteiger partial charge in [0.25, 0.3) is 0 Å². The Morgan fingerprint density at radius 3 is 0.984 bits per heavy atom. The normalized spacial score (nSPS) is 12.2.